The second kappa shape index (κ2) is 7.79. The molecule has 0 aromatic heterocycles. The molecule has 0 aliphatic carbocycles. The van der Waals surface area contributed by atoms with E-state index in [1.165, 1.54) is 0 Å². The van der Waals surface area contributed by atoms with Crippen LogP contribution in [-0.2, 0) is 11.3 Å². The third-order valence-electron chi connectivity index (χ3n) is 2.77. The number of para-hydroxylation sites is 1. The SMILES string of the molecule is CCCC(Oc1ccccc1CNC(C)C)C(=O)O. The Morgan fingerprint density at radius 2 is 2.05 bits per heavy atom. The number of hydrogen-bond donors (Lipinski definition) is 2. The normalized spacial score (nSPS) is 12.4. The lowest BCUT2D eigenvalue weighted by Gasteiger charge is -2.18. The standard InChI is InChI=1S/C15H23NO3/c1-4-7-14(15(17)18)19-13-9-6-5-8-12(13)10-16-11(2)3/h5-6,8-9,11,14,16H,4,7,10H2,1-3H3,(H,17,18). The fraction of sp³-hybridized carbons (Fsp3) is 0.533. The van der Waals surface area contributed by atoms with Crippen molar-refractivity contribution in [2.45, 2.75) is 52.3 Å². The summed E-state index contributed by atoms with van der Waals surface area (Å²) in [5.74, 6) is -0.259. The van der Waals surface area contributed by atoms with Crippen LogP contribution in [0, 0.1) is 0 Å². The lowest BCUT2D eigenvalue weighted by Crippen LogP contribution is -2.28. The van der Waals surface area contributed by atoms with E-state index in [-0.39, 0.29) is 0 Å². The molecule has 1 aromatic carbocycles. The fourth-order valence-corrected chi connectivity index (χ4v) is 1.73. The van der Waals surface area contributed by atoms with Crippen molar-refractivity contribution < 1.29 is 14.6 Å². The Hall–Kier alpha value is -1.55. The van der Waals surface area contributed by atoms with Crippen LogP contribution in [0.3, 0.4) is 0 Å². The number of aliphatic carboxylic acids is 1. The van der Waals surface area contributed by atoms with Gasteiger partial charge < -0.3 is 15.2 Å². The molecule has 2 N–H and O–H groups in total. The molecule has 0 aliphatic heterocycles. The molecule has 19 heavy (non-hydrogen) atoms. The zero-order valence-electron chi connectivity index (χ0n) is 11.8. The molecular formula is C15H23NO3. The summed E-state index contributed by atoms with van der Waals surface area (Å²) in [5, 5.41) is 12.4. The number of nitrogens with one attached hydrogen (secondary N) is 1. The molecule has 0 aliphatic rings. The van der Waals surface area contributed by atoms with E-state index in [0.29, 0.717) is 24.8 Å². The van der Waals surface area contributed by atoms with Crippen LogP contribution in [0.15, 0.2) is 24.3 Å². The minimum atomic E-state index is -0.909. The minimum absolute atomic E-state index is 0.374. The third kappa shape index (κ3) is 5.30. The van der Waals surface area contributed by atoms with Crippen LogP contribution in [0.2, 0.25) is 0 Å². The van der Waals surface area contributed by atoms with E-state index in [2.05, 4.69) is 19.2 Å². The van der Waals surface area contributed by atoms with Gasteiger partial charge in [0.25, 0.3) is 0 Å². The second-order valence-corrected chi connectivity index (χ2v) is 4.88. The average molecular weight is 265 g/mol. The predicted octanol–water partition coefficient (Wildman–Crippen LogP) is 2.82. The first-order chi connectivity index (χ1) is 9.04. The lowest BCUT2D eigenvalue weighted by atomic mass is 10.1. The summed E-state index contributed by atoms with van der Waals surface area (Å²) in [6.45, 7) is 6.76. The van der Waals surface area contributed by atoms with Crippen LogP contribution in [-0.4, -0.2) is 23.2 Å². The maximum absolute atomic E-state index is 11.1. The number of ether oxygens (including phenoxy) is 1. The Morgan fingerprint density at radius 1 is 1.37 bits per heavy atom. The molecule has 1 aromatic rings. The van der Waals surface area contributed by atoms with Gasteiger partial charge >= 0.3 is 5.97 Å². The summed E-state index contributed by atoms with van der Waals surface area (Å²) in [6.07, 6.45) is 0.523. The van der Waals surface area contributed by atoms with Crippen LogP contribution in [0.25, 0.3) is 0 Å². The van der Waals surface area contributed by atoms with Crippen LogP contribution in [0.1, 0.15) is 39.2 Å². The molecule has 4 heteroatoms. The highest BCUT2D eigenvalue weighted by atomic mass is 16.5. The number of rotatable bonds is 8. The maximum Gasteiger partial charge on any atom is 0.344 e. The number of carboxylic acids is 1. The van der Waals surface area contributed by atoms with Crippen molar-refractivity contribution in [1.29, 1.82) is 0 Å². The van der Waals surface area contributed by atoms with Gasteiger partial charge in [-0.1, -0.05) is 45.4 Å². The zero-order valence-corrected chi connectivity index (χ0v) is 11.8. The van der Waals surface area contributed by atoms with Gasteiger partial charge in [-0.05, 0) is 12.5 Å². The molecule has 0 heterocycles. The Morgan fingerprint density at radius 3 is 2.63 bits per heavy atom. The Bertz CT molecular complexity index is 404. The van der Waals surface area contributed by atoms with Gasteiger partial charge in [0.2, 0.25) is 0 Å². The fourth-order valence-electron chi connectivity index (χ4n) is 1.73. The molecule has 1 rings (SSSR count). The Balaban J connectivity index is 2.78. The summed E-state index contributed by atoms with van der Waals surface area (Å²) < 4.78 is 5.64. The van der Waals surface area contributed by atoms with Gasteiger partial charge in [0.15, 0.2) is 6.10 Å². The van der Waals surface area contributed by atoms with Gasteiger partial charge in [-0.25, -0.2) is 4.79 Å². The summed E-state index contributed by atoms with van der Waals surface area (Å²) >= 11 is 0. The van der Waals surface area contributed by atoms with Gasteiger partial charge in [0, 0.05) is 18.2 Å². The molecule has 0 amide bonds. The van der Waals surface area contributed by atoms with E-state index < -0.39 is 12.1 Å². The molecule has 106 valence electrons. The topological polar surface area (TPSA) is 58.6 Å². The smallest absolute Gasteiger partial charge is 0.344 e. The Labute approximate surface area is 114 Å². The first kappa shape index (κ1) is 15.5. The van der Waals surface area contributed by atoms with E-state index in [1.54, 1.807) is 0 Å². The molecule has 0 radical (unpaired) electrons. The van der Waals surface area contributed by atoms with Gasteiger partial charge in [0.05, 0.1) is 0 Å². The summed E-state index contributed by atoms with van der Waals surface area (Å²) in [4.78, 5) is 11.1. The van der Waals surface area contributed by atoms with Gasteiger partial charge in [0.1, 0.15) is 5.75 Å². The summed E-state index contributed by atoms with van der Waals surface area (Å²) in [6, 6.07) is 7.94. The monoisotopic (exact) mass is 265 g/mol. The molecular weight excluding hydrogens is 242 g/mol. The number of benzene rings is 1. The van der Waals surface area contributed by atoms with Crippen LogP contribution < -0.4 is 10.1 Å². The van der Waals surface area contributed by atoms with Crippen LogP contribution in [0.4, 0.5) is 0 Å². The van der Waals surface area contributed by atoms with Crippen LogP contribution in [0.5, 0.6) is 5.75 Å². The molecule has 0 saturated heterocycles. The third-order valence-corrected chi connectivity index (χ3v) is 2.77. The Kier molecular flexibility index (Phi) is 6.36. The van der Waals surface area contributed by atoms with E-state index in [0.717, 1.165) is 12.0 Å². The first-order valence-corrected chi connectivity index (χ1v) is 6.75. The predicted molar refractivity (Wildman–Crippen MR) is 75.4 cm³/mol. The van der Waals surface area contributed by atoms with E-state index in [1.807, 2.05) is 31.2 Å². The largest absolute Gasteiger partial charge is 0.479 e. The lowest BCUT2D eigenvalue weighted by molar-refractivity contribution is -0.145. The van der Waals surface area contributed by atoms with Crippen molar-refractivity contribution in [3.63, 3.8) is 0 Å². The highest BCUT2D eigenvalue weighted by Gasteiger charge is 2.19. The van der Waals surface area contributed by atoms with Crippen molar-refractivity contribution in [3.8, 4) is 5.75 Å². The minimum Gasteiger partial charge on any atom is -0.479 e. The number of carbonyl (C=O) groups is 1. The zero-order chi connectivity index (χ0) is 14.3. The molecule has 1 unspecified atom stereocenters. The van der Waals surface area contributed by atoms with Gasteiger partial charge in [-0.15, -0.1) is 0 Å². The molecule has 1 atom stereocenters. The summed E-state index contributed by atoms with van der Waals surface area (Å²) in [5.41, 5.74) is 0.985. The van der Waals surface area contributed by atoms with Crippen LogP contribution >= 0.6 is 0 Å². The highest BCUT2D eigenvalue weighted by Crippen LogP contribution is 2.20. The highest BCUT2D eigenvalue weighted by molar-refractivity contribution is 5.72. The molecule has 0 saturated carbocycles. The molecule has 0 bridgehead atoms. The van der Waals surface area contributed by atoms with Crippen molar-refractivity contribution in [1.82, 2.24) is 5.32 Å². The van der Waals surface area contributed by atoms with E-state index in [4.69, 9.17) is 9.84 Å². The summed E-state index contributed by atoms with van der Waals surface area (Å²) in [7, 11) is 0. The molecule has 0 fully saturated rings. The first-order valence-electron chi connectivity index (χ1n) is 6.75. The van der Waals surface area contributed by atoms with Crippen molar-refractivity contribution in [2.24, 2.45) is 0 Å². The second-order valence-electron chi connectivity index (χ2n) is 4.88. The average Bonchev–Trinajstić information content (AvgIpc) is 2.37. The van der Waals surface area contributed by atoms with E-state index >= 15 is 0 Å². The van der Waals surface area contributed by atoms with Gasteiger partial charge in [-0.2, -0.15) is 0 Å². The maximum atomic E-state index is 11.1. The number of carboxylic acid groups (broad SMARTS) is 1. The van der Waals surface area contributed by atoms with E-state index in [9.17, 15) is 4.79 Å². The van der Waals surface area contributed by atoms with Gasteiger partial charge in [-0.3, -0.25) is 0 Å². The van der Waals surface area contributed by atoms with Crippen molar-refractivity contribution in [2.75, 3.05) is 0 Å². The van der Waals surface area contributed by atoms with Crippen molar-refractivity contribution in [3.05, 3.63) is 29.8 Å². The molecule has 0 spiro atoms. The number of hydrogen-bond acceptors (Lipinski definition) is 3. The molecule has 4 nitrogen and oxygen atoms in total. The van der Waals surface area contributed by atoms with Crippen molar-refractivity contribution >= 4 is 5.97 Å². The quantitative estimate of drug-likeness (QED) is 0.759.